The highest BCUT2D eigenvalue weighted by atomic mass is 16.6. The zero-order valence-corrected chi connectivity index (χ0v) is 14.1. The molecule has 0 atom stereocenters. The van der Waals surface area contributed by atoms with Gasteiger partial charge in [-0.2, -0.15) is 5.10 Å². The van der Waals surface area contributed by atoms with Crippen LogP contribution in [0, 0.1) is 10.1 Å². The van der Waals surface area contributed by atoms with Crippen LogP contribution in [-0.2, 0) is 4.79 Å². The molecule has 1 aliphatic heterocycles. The molecule has 10 heteroatoms. The number of nitro groups is 1. The van der Waals surface area contributed by atoms with Crippen molar-refractivity contribution in [2.24, 2.45) is 5.10 Å². The highest BCUT2D eigenvalue weighted by Gasteiger charge is 2.51. The summed E-state index contributed by atoms with van der Waals surface area (Å²) in [6, 6.07) is 1.65. The van der Waals surface area contributed by atoms with Crippen LogP contribution in [-0.4, -0.2) is 40.7 Å². The molecule has 0 aromatic heterocycles. The van der Waals surface area contributed by atoms with Crippen molar-refractivity contribution in [3.63, 3.8) is 0 Å². The highest BCUT2D eigenvalue weighted by Crippen LogP contribution is 2.35. The third-order valence-electron chi connectivity index (χ3n) is 4.64. The Labute approximate surface area is 148 Å². The van der Waals surface area contributed by atoms with Crippen molar-refractivity contribution < 1.29 is 24.4 Å². The minimum atomic E-state index is -0.908. The fraction of sp³-hybridized carbons (Fsp3) is 0.438. The molecule has 3 amide bonds. The van der Waals surface area contributed by atoms with E-state index in [9.17, 15) is 24.8 Å². The molecule has 0 radical (unpaired) electrons. The summed E-state index contributed by atoms with van der Waals surface area (Å²) in [7, 11) is 1.21. The predicted molar refractivity (Wildman–Crippen MR) is 87.9 cm³/mol. The summed E-state index contributed by atoms with van der Waals surface area (Å²) in [4.78, 5) is 34.9. The van der Waals surface area contributed by atoms with Crippen LogP contribution in [0.3, 0.4) is 0 Å². The number of carbonyl (C=O) groups excluding carboxylic acids is 2. The number of methoxy groups -OCH3 is 1. The van der Waals surface area contributed by atoms with E-state index in [4.69, 9.17) is 4.74 Å². The number of hydrogen-bond donors (Lipinski definition) is 1. The Kier molecular flexibility index (Phi) is 4.49. The number of nitro benzene ring substituents is 1. The fourth-order valence-corrected chi connectivity index (χ4v) is 3.30. The monoisotopic (exact) mass is 361 g/mol. The lowest BCUT2D eigenvalue weighted by molar-refractivity contribution is -0.398. The van der Waals surface area contributed by atoms with Crippen LogP contribution in [0.25, 0.3) is 0 Å². The number of nitrogens with zero attached hydrogens (tertiary/aromatic N) is 3. The number of imide groups is 1. The van der Waals surface area contributed by atoms with Gasteiger partial charge in [0, 0.05) is 17.4 Å². The van der Waals surface area contributed by atoms with Gasteiger partial charge in [-0.1, -0.05) is 19.3 Å². The Morgan fingerprint density at radius 1 is 1.31 bits per heavy atom. The maximum absolute atomic E-state index is 12.6. The molecule has 2 aliphatic rings. The van der Waals surface area contributed by atoms with E-state index in [1.54, 1.807) is 0 Å². The zero-order chi connectivity index (χ0) is 18.9. The second-order valence-electron chi connectivity index (χ2n) is 6.26. The van der Waals surface area contributed by atoms with E-state index in [2.05, 4.69) is 10.4 Å². The molecule has 1 spiro atoms. The number of hydrogen-bond acceptors (Lipinski definition) is 7. The highest BCUT2D eigenvalue weighted by molar-refractivity contribution is 6.07. The quantitative estimate of drug-likeness (QED) is 0.371. The smallest absolute Gasteiger partial charge is 0.346 e. The zero-order valence-electron chi connectivity index (χ0n) is 14.1. The van der Waals surface area contributed by atoms with Crippen molar-refractivity contribution in [2.45, 2.75) is 37.6 Å². The SMILES string of the molecule is COc1cc(/C=N\N2C(=O)NC3(CCCCC3)C2=O)cc([N+](=O)[O-])c1[O-]. The van der Waals surface area contributed by atoms with Crippen molar-refractivity contribution in [1.29, 1.82) is 0 Å². The average molecular weight is 361 g/mol. The van der Waals surface area contributed by atoms with Gasteiger partial charge in [0.1, 0.15) is 11.3 Å². The van der Waals surface area contributed by atoms with Crippen molar-refractivity contribution >= 4 is 23.8 Å². The predicted octanol–water partition coefficient (Wildman–Crippen LogP) is 1.27. The second kappa shape index (κ2) is 6.62. The number of ether oxygens (including phenoxy) is 1. The number of nitrogens with one attached hydrogen (secondary N) is 1. The van der Waals surface area contributed by atoms with E-state index < -0.39 is 33.8 Å². The summed E-state index contributed by atoms with van der Waals surface area (Å²) < 4.78 is 4.84. The van der Waals surface area contributed by atoms with Gasteiger partial charge in [0.15, 0.2) is 0 Å². The van der Waals surface area contributed by atoms with Crippen LogP contribution >= 0.6 is 0 Å². The molecule has 1 aromatic carbocycles. The van der Waals surface area contributed by atoms with Gasteiger partial charge in [-0.3, -0.25) is 14.9 Å². The maximum atomic E-state index is 12.6. The van der Waals surface area contributed by atoms with Crippen molar-refractivity contribution in [2.75, 3.05) is 7.11 Å². The molecule has 2 fully saturated rings. The van der Waals surface area contributed by atoms with Crippen LogP contribution in [0.15, 0.2) is 17.2 Å². The first kappa shape index (κ1) is 17.6. The Bertz CT molecular complexity index is 800. The summed E-state index contributed by atoms with van der Waals surface area (Å²) in [6.45, 7) is 0. The van der Waals surface area contributed by atoms with Crippen molar-refractivity contribution in [3.05, 3.63) is 27.8 Å². The van der Waals surface area contributed by atoms with Gasteiger partial charge in [-0.15, -0.1) is 5.01 Å². The summed E-state index contributed by atoms with van der Waals surface area (Å²) >= 11 is 0. The molecule has 0 bridgehead atoms. The summed E-state index contributed by atoms with van der Waals surface area (Å²) in [6.07, 6.45) is 4.95. The molecule has 1 aromatic rings. The molecule has 3 rings (SSSR count). The van der Waals surface area contributed by atoms with Crippen LogP contribution < -0.4 is 15.2 Å². The lowest BCUT2D eigenvalue weighted by Gasteiger charge is -2.29. The maximum Gasteiger partial charge on any atom is 0.346 e. The molecular formula is C16H17N4O6-. The number of urea groups is 1. The number of rotatable bonds is 4. The Balaban J connectivity index is 1.88. The average Bonchev–Trinajstić information content (AvgIpc) is 2.84. The summed E-state index contributed by atoms with van der Waals surface area (Å²) in [5.41, 5.74) is -1.42. The molecule has 138 valence electrons. The van der Waals surface area contributed by atoms with Crippen LogP contribution in [0.4, 0.5) is 10.5 Å². The molecule has 10 nitrogen and oxygen atoms in total. The Morgan fingerprint density at radius 2 is 2.00 bits per heavy atom. The van der Waals surface area contributed by atoms with E-state index in [0.717, 1.165) is 36.6 Å². The molecule has 1 aliphatic carbocycles. The number of amides is 3. The second-order valence-corrected chi connectivity index (χ2v) is 6.26. The third kappa shape index (κ3) is 2.93. The normalized spacial score (nSPS) is 19.2. The molecule has 1 saturated heterocycles. The van der Waals surface area contributed by atoms with Gasteiger partial charge < -0.3 is 15.2 Å². The first-order valence-electron chi connectivity index (χ1n) is 8.12. The largest absolute Gasteiger partial charge is 0.865 e. The molecule has 1 heterocycles. The van der Waals surface area contributed by atoms with E-state index in [1.165, 1.54) is 13.2 Å². The van der Waals surface area contributed by atoms with Crippen LogP contribution in [0.5, 0.6) is 11.5 Å². The van der Waals surface area contributed by atoms with E-state index in [0.29, 0.717) is 12.8 Å². The minimum Gasteiger partial charge on any atom is -0.865 e. The summed E-state index contributed by atoms with van der Waals surface area (Å²) in [5.74, 6) is -1.51. The standard InChI is InChI=1S/C16H18N4O6/c1-26-12-8-10(7-11(13(12)21)20(24)25)9-17-19-14(22)16(18-15(19)23)5-3-2-4-6-16/h7-9,21H,2-6H2,1H3,(H,18,23)/p-1/b17-9-. The van der Waals surface area contributed by atoms with E-state index in [-0.39, 0.29) is 11.3 Å². The first-order chi connectivity index (χ1) is 12.4. The molecular weight excluding hydrogens is 344 g/mol. The first-order valence-corrected chi connectivity index (χ1v) is 8.12. The number of hydrazone groups is 1. The van der Waals surface area contributed by atoms with Crippen LogP contribution in [0.2, 0.25) is 0 Å². The van der Waals surface area contributed by atoms with Gasteiger partial charge in [0.05, 0.1) is 18.2 Å². The van der Waals surface area contributed by atoms with Gasteiger partial charge in [-0.25, -0.2) is 4.79 Å². The van der Waals surface area contributed by atoms with Gasteiger partial charge in [0.25, 0.3) is 11.6 Å². The fourth-order valence-electron chi connectivity index (χ4n) is 3.30. The summed E-state index contributed by atoms with van der Waals surface area (Å²) in [5, 5.41) is 30.1. The molecule has 1 saturated carbocycles. The number of benzene rings is 1. The Morgan fingerprint density at radius 3 is 2.62 bits per heavy atom. The molecule has 0 unspecified atom stereocenters. The minimum absolute atomic E-state index is 0.165. The topological polar surface area (TPSA) is 137 Å². The lowest BCUT2D eigenvalue weighted by atomic mass is 9.82. The molecule has 1 N–H and O–H groups in total. The van der Waals surface area contributed by atoms with Gasteiger partial charge >= 0.3 is 6.03 Å². The van der Waals surface area contributed by atoms with Gasteiger partial charge in [0.2, 0.25) is 0 Å². The van der Waals surface area contributed by atoms with Crippen molar-refractivity contribution in [3.8, 4) is 11.5 Å². The van der Waals surface area contributed by atoms with E-state index >= 15 is 0 Å². The number of carbonyl (C=O) groups is 2. The van der Waals surface area contributed by atoms with Crippen LogP contribution in [0.1, 0.15) is 37.7 Å². The van der Waals surface area contributed by atoms with Gasteiger partial charge in [-0.05, 0) is 18.9 Å². The van der Waals surface area contributed by atoms with Crippen molar-refractivity contribution in [1.82, 2.24) is 10.3 Å². The van der Waals surface area contributed by atoms with E-state index in [1.807, 2.05) is 0 Å². The Hall–Kier alpha value is -3.17. The molecule has 26 heavy (non-hydrogen) atoms. The lowest BCUT2D eigenvalue weighted by Crippen LogP contribution is -2.48. The third-order valence-corrected chi connectivity index (χ3v) is 4.64.